The van der Waals surface area contributed by atoms with Crippen LogP contribution in [0.2, 0.25) is 0 Å². The number of amides is 1. The van der Waals surface area contributed by atoms with Crippen molar-refractivity contribution >= 4 is 17.8 Å². The van der Waals surface area contributed by atoms with Gasteiger partial charge in [0.05, 0.1) is 20.1 Å². The number of hydrogen-bond donors (Lipinski definition) is 0. The maximum Gasteiger partial charge on any atom is 0.328 e. The predicted molar refractivity (Wildman–Crippen MR) is 74.3 cm³/mol. The molecule has 6 heteroatoms. The Morgan fingerprint density at radius 2 is 2.05 bits per heavy atom. The van der Waals surface area contributed by atoms with E-state index in [0.29, 0.717) is 19.4 Å². The molecule has 0 bridgehead atoms. The van der Waals surface area contributed by atoms with Crippen LogP contribution in [0.1, 0.15) is 45.4 Å². The third kappa shape index (κ3) is 3.36. The topological polar surface area (TPSA) is 72.9 Å². The summed E-state index contributed by atoms with van der Waals surface area (Å²) in [6.07, 6.45) is 4.06. The normalized spacial score (nSPS) is 23.6. The van der Waals surface area contributed by atoms with E-state index >= 15 is 0 Å². The molecule has 2 rings (SSSR count). The molecular formula is C15H23NO5. The van der Waals surface area contributed by atoms with Gasteiger partial charge in [0.15, 0.2) is 0 Å². The molecule has 118 valence electrons. The van der Waals surface area contributed by atoms with Gasteiger partial charge in [0.2, 0.25) is 5.91 Å². The average Bonchev–Trinajstić information content (AvgIpc) is 2.77. The summed E-state index contributed by atoms with van der Waals surface area (Å²) in [5.41, 5.74) is 0. The maximum absolute atomic E-state index is 12.2. The fraction of sp³-hybridized carbons (Fsp3) is 0.800. The molecule has 1 saturated heterocycles. The van der Waals surface area contributed by atoms with Gasteiger partial charge in [0.1, 0.15) is 6.04 Å². The first-order valence-corrected chi connectivity index (χ1v) is 7.63. The summed E-state index contributed by atoms with van der Waals surface area (Å²) in [5.74, 6) is -0.484. The molecular weight excluding hydrogens is 274 g/mol. The second kappa shape index (κ2) is 6.91. The molecule has 2 atom stereocenters. The SMILES string of the molecule is CCOC(=O)CC(C1CCC1)N1C(=O)CCC1C(=O)OC. The Hall–Kier alpha value is -1.59. The lowest BCUT2D eigenvalue weighted by Crippen LogP contribution is -2.51. The van der Waals surface area contributed by atoms with Crippen molar-refractivity contribution in [3.8, 4) is 0 Å². The number of nitrogens with zero attached hydrogens (tertiary/aromatic N) is 1. The van der Waals surface area contributed by atoms with Crippen molar-refractivity contribution in [1.82, 2.24) is 4.90 Å². The lowest BCUT2D eigenvalue weighted by Gasteiger charge is -2.40. The molecule has 2 aliphatic rings. The molecule has 2 unspecified atom stereocenters. The second-order valence-electron chi connectivity index (χ2n) is 5.65. The highest BCUT2D eigenvalue weighted by Crippen LogP contribution is 2.37. The molecule has 21 heavy (non-hydrogen) atoms. The van der Waals surface area contributed by atoms with E-state index in [1.165, 1.54) is 7.11 Å². The number of likely N-dealkylation sites (tertiary alicyclic amines) is 1. The van der Waals surface area contributed by atoms with Crippen LogP contribution in [0, 0.1) is 5.92 Å². The van der Waals surface area contributed by atoms with E-state index in [1.807, 2.05) is 0 Å². The molecule has 1 saturated carbocycles. The molecule has 2 fully saturated rings. The fourth-order valence-electron chi connectivity index (χ4n) is 3.19. The van der Waals surface area contributed by atoms with Gasteiger partial charge in [-0.1, -0.05) is 6.42 Å². The number of esters is 2. The number of methoxy groups -OCH3 is 1. The first-order valence-electron chi connectivity index (χ1n) is 7.63. The number of carbonyl (C=O) groups is 3. The molecule has 1 amide bonds. The van der Waals surface area contributed by atoms with Crippen LogP contribution in [0.3, 0.4) is 0 Å². The zero-order chi connectivity index (χ0) is 15.4. The van der Waals surface area contributed by atoms with E-state index < -0.39 is 12.0 Å². The van der Waals surface area contributed by atoms with Crippen molar-refractivity contribution in [1.29, 1.82) is 0 Å². The minimum absolute atomic E-state index is 0.0633. The van der Waals surface area contributed by atoms with Gasteiger partial charge >= 0.3 is 11.9 Å². The van der Waals surface area contributed by atoms with Gasteiger partial charge in [0, 0.05) is 12.5 Å². The third-order valence-corrected chi connectivity index (χ3v) is 4.46. The van der Waals surface area contributed by atoms with E-state index in [0.717, 1.165) is 19.3 Å². The van der Waals surface area contributed by atoms with E-state index in [1.54, 1.807) is 11.8 Å². The van der Waals surface area contributed by atoms with E-state index in [-0.39, 0.29) is 30.3 Å². The highest BCUT2D eigenvalue weighted by molar-refractivity contribution is 5.89. The highest BCUT2D eigenvalue weighted by atomic mass is 16.5. The zero-order valence-corrected chi connectivity index (χ0v) is 12.7. The highest BCUT2D eigenvalue weighted by Gasteiger charge is 2.45. The van der Waals surface area contributed by atoms with Gasteiger partial charge in [-0.05, 0) is 32.1 Å². The Morgan fingerprint density at radius 1 is 1.33 bits per heavy atom. The average molecular weight is 297 g/mol. The van der Waals surface area contributed by atoms with Crippen molar-refractivity contribution in [2.24, 2.45) is 5.92 Å². The van der Waals surface area contributed by atoms with Gasteiger partial charge < -0.3 is 14.4 Å². The minimum atomic E-state index is -0.553. The Kier molecular flexibility index (Phi) is 5.20. The monoisotopic (exact) mass is 297 g/mol. The quantitative estimate of drug-likeness (QED) is 0.690. The molecule has 6 nitrogen and oxygen atoms in total. The molecule has 0 spiro atoms. The Labute approximate surface area is 124 Å². The van der Waals surface area contributed by atoms with Crippen molar-refractivity contribution in [3.05, 3.63) is 0 Å². The number of carbonyl (C=O) groups excluding carboxylic acids is 3. The first kappa shape index (κ1) is 15.8. The maximum atomic E-state index is 12.2. The van der Waals surface area contributed by atoms with Crippen LogP contribution < -0.4 is 0 Å². The molecule has 1 heterocycles. The third-order valence-electron chi connectivity index (χ3n) is 4.46. The van der Waals surface area contributed by atoms with Gasteiger partial charge in [-0.15, -0.1) is 0 Å². The van der Waals surface area contributed by atoms with Gasteiger partial charge in [-0.2, -0.15) is 0 Å². The summed E-state index contributed by atoms with van der Waals surface area (Å²) in [4.78, 5) is 37.5. The summed E-state index contributed by atoms with van der Waals surface area (Å²) in [7, 11) is 1.33. The Bertz CT molecular complexity index is 418. The van der Waals surface area contributed by atoms with Crippen molar-refractivity contribution in [2.45, 2.75) is 57.5 Å². The van der Waals surface area contributed by atoms with E-state index in [4.69, 9.17) is 9.47 Å². The van der Waals surface area contributed by atoms with Gasteiger partial charge in [-0.3, -0.25) is 9.59 Å². The lowest BCUT2D eigenvalue weighted by molar-refractivity contribution is -0.155. The molecule has 1 aliphatic carbocycles. The Morgan fingerprint density at radius 3 is 2.57 bits per heavy atom. The largest absolute Gasteiger partial charge is 0.467 e. The van der Waals surface area contributed by atoms with Crippen LogP contribution in [0.5, 0.6) is 0 Å². The van der Waals surface area contributed by atoms with E-state index in [2.05, 4.69) is 0 Å². The summed E-state index contributed by atoms with van der Waals surface area (Å²) in [5, 5.41) is 0. The first-order chi connectivity index (χ1) is 10.1. The summed E-state index contributed by atoms with van der Waals surface area (Å²) in [6, 6.07) is -0.792. The predicted octanol–water partition coefficient (Wildman–Crippen LogP) is 1.27. The Balaban J connectivity index is 2.15. The van der Waals surface area contributed by atoms with Crippen LogP contribution in [-0.4, -0.2) is 48.5 Å². The van der Waals surface area contributed by atoms with Crippen molar-refractivity contribution in [2.75, 3.05) is 13.7 Å². The second-order valence-corrected chi connectivity index (χ2v) is 5.65. The minimum Gasteiger partial charge on any atom is -0.467 e. The summed E-state index contributed by atoms with van der Waals surface area (Å²) >= 11 is 0. The lowest BCUT2D eigenvalue weighted by atomic mass is 9.77. The number of rotatable bonds is 6. The smallest absolute Gasteiger partial charge is 0.328 e. The molecule has 0 N–H and O–H groups in total. The van der Waals surface area contributed by atoms with Crippen LogP contribution >= 0.6 is 0 Å². The zero-order valence-electron chi connectivity index (χ0n) is 12.7. The van der Waals surface area contributed by atoms with Crippen molar-refractivity contribution < 1.29 is 23.9 Å². The molecule has 0 aromatic carbocycles. The van der Waals surface area contributed by atoms with Crippen LogP contribution in [-0.2, 0) is 23.9 Å². The van der Waals surface area contributed by atoms with Crippen LogP contribution in [0.25, 0.3) is 0 Å². The van der Waals surface area contributed by atoms with Gasteiger partial charge in [-0.25, -0.2) is 4.79 Å². The molecule has 0 radical (unpaired) electrons. The molecule has 0 aromatic heterocycles. The standard InChI is InChI=1S/C15H23NO5/c1-3-21-14(18)9-12(10-5-4-6-10)16-11(15(19)20-2)7-8-13(16)17/h10-12H,3-9H2,1-2H3. The molecule has 0 aromatic rings. The van der Waals surface area contributed by atoms with Crippen LogP contribution in [0.4, 0.5) is 0 Å². The molecule has 1 aliphatic heterocycles. The van der Waals surface area contributed by atoms with Crippen LogP contribution in [0.15, 0.2) is 0 Å². The van der Waals surface area contributed by atoms with Gasteiger partial charge in [0.25, 0.3) is 0 Å². The number of ether oxygens (including phenoxy) is 2. The van der Waals surface area contributed by atoms with Crippen molar-refractivity contribution in [3.63, 3.8) is 0 Å². The summed E-state index contributed by atoms with van der Waals surface area (Å²) in [6.45, 7) is 2.08. The van der Waals surface area contributed by atoms with E-state index in [9.17, 15) is 14.4 Å². The fourth-order valence-corrected chi connectivity index (χ4v) is 3.19. The summed E-state index contributed by atoms with van der Waals surface area (Å²) < 4.78 is 9.81. The number of hydrogen-bond acceptors (Lipinski definition) is 5.